The fourth-order valence-corrected chi connectivity index (χ4v) is 6.25. The molecule has 0 fully saturated rings. The third-order valence-corrected chi connectivity index (χ3v) is 8.87. The van der Waals surface area contributed by atoms with Gasteiger partial charge in [-0.05, 0) is 58.7 Å². The Morgan fingerprint density at radius 1 is 1.11 bits per heavy atom. The number of hydrogen-bond donors (Lipinski definition) is 2. The average molecular weight is 544 g/mol. The number of thiophene rings is 1. The van der Waals surface area contributed by atoms with Crippen LogP contribution < -0.4 is 10.6 Å². The van der Waals surface area contributed by atoms with Gasteiger partial charge >= 0.3 is 0 Å². The Morgan fingerprint density at radius 2 is 1.89 bits per heavy atom. The highest BCUT2D eigenvalue weighted by atomic mass is 32.2. The van der Waals surface area contributed by atoms with Gasteiger partial charge in [-0.2, -0.15) is 0 Å². The third-order valence-electron chi connectivity index (χ3n) is 5.86. The Labute approximate surface area is 219 Å². The summed E-state index contributed by atoms with van der Waals surface area (Å²) in [4.78, 5) is 26.4. The van der Waals surface area contributed by atoms with Gasteiger partial charge in [0.05, 0.1) is 4.88 Å². The van der Waals surface area contributed by atoms with Crippen molar-refractivity contribution in [3.63, 3.8) is 0 Å². The van der Waals surface area contributed by atoms with E-state index in [1.807, 2.05) is 44.2 Å². The molecule has 2 aromatic carbocycles. The van der Waals surface area contributed by atoms with Crippen LogP contribution in [0.4, 0.5) is 0 Å². The summed E-state index contributed by atoms with van der Waals surface area (Å²) in [5.74, 6) is -0.403. The Balaban J connectivity index is 1.33. The second kappa shape index (κ2) is 11.4. The highest BCUT2D eigenvalue weighted by Crippen LogP contribution is 2.25. The lowest BCUT2D eigenvalue weighted by Gasteiger charge is -2.21. The first-order valence-corrected chi connectivity index (χ1v) is 14.2. The normalized spacial score (nSPS) is 12.9. The largest absolute Gasteiger partial charge is 0.354 e. The van der Waals surface area contributed by atoms with Gasteiger partial charge in [0.2, 0.25) is 15.9 Å². The Bertz CT molecular complexity index is 1480. The van der Waals surface area contributed by atoms with Crippen molar-refractivity contribution < 1.29 is 22.6 Å². The van der Waals surface area contributed by atoms with E-state index in [1.54, 1.807) is 12.1 Å². The van der Waals surface area contributed by atoms with E-state index in [0.29, 0.717) is 23.2 Å². The average Bonchev–Trinajstić information content (AvgIpc) is 3.52. The molecule has 0 saturated heterocycles. The van der Waals surface area contributed by atoms with Gasteiger partial charge in [0.1, 0.15) is 16.5 Å². The molecule has 4 aromatic rings. The number of amides is 2. The number of nitrogens with zero attached hydrogens (tertiary/aromatic N) is 3. The van der Waals surface area contributed by atoms with Gasteiger partial charge in [-0.3, -0.25) is 9.59 Å². The van der Waals surface area contributed by atoms with Crippen molar-refractivity contribution in [3.05, 3.63) is 53.4 Å². The summed E-state index contributed by atoms with van der Waals surface area (Å²) in [7, 11) is -2.36. The van der Waals surface area contributed by atoms with Crippen molar-refractivity contribution in [2.24, 2.45) is 5.92 Å². The van der Waals surface area contributed by atoms with Crippen LogP contribution in [-0.4, -0.2) is 61.0 Å². The van der Waals surface area contributed by atoms with Crippen molar-refractivity contribution in [1.82, 2.24) is 25.3 Å². The highest BCUT2D eigenvalue weighted by molar-refractivity contribution is 7.89. The van der Waals surface area contributed by atoms with Crippen molar-refractivity contribution in [1.29, 1.82) is 0 Å². The maximum atomic E-state index is 13.0. The zero-order valence-corrected chi connectivity index (χ0v) is 22.4. The topological polar surface area (TPSA) is 134 Å². The number of fused-ring (bicyclic) bond motifs is 2. The minimum atomic E-state index is -3.82. The van der Waals surface area contributed by atoms with Crippen LogP contribution in [0.25, 0.3) is 21.1 Å². The van der Waals surface area contributed by atoms with Gasteiger partial charge in [-0.25, -0.2) is 17.4 Å². The monoisotopic (exact) mass is 543 g/mol. The van der Waals surface area contributed by atoms with Crippen LogP contribution in [0, 0.1) is 5.92 Å². The molecule has 0 aliphatic carbocycles. The first-order valence-electron chi connectivity index (χ1n) is 11.9. The summed E-state index contributed by atoms with van der Waals surface area (Å²) in [5, 5.41) is 14.1. The fraction of sp³-hybridized carbons (Fsp3) is 0.360. The lowest BCUT2D eigenvalue weighted by atomic mass is 10.0. The molecule has 0 spiro atoms. The van der Waals surface area contributed by atoms with Crippen molar-refractivity contribution in [2.75, 3.05) is 20.1 Å². The summed E-state index contributed by atoms with van der Waals surface area (Å²) >= 11 is 1.38. The first kappa shape index (κ1) is 26.7. The minimum absolute atomic E-state index is 0.0127. The summed E-state index contributed by atoms with van der Waals surface area (Å²) < 4.78 is 32.9. The molecule has 37 heavy (non-hydrogen) atoms. The molecule has 196 valence electrons. The molecule has 1 atom stereocenters. The van der Waals surface area contributed by atoms with E-state index >= 15 is 0 Å². The van der Waals surface area contributed by atoms with E-state index in [4.69, 9.17) is 0 Å². The second-order valence-corrected chi connectivity index (χ2v) is 12.3. The third kappa shape index (κ3) is 6.14. The van der Waals surface area contributed by atoms with E-state index < -0.39 is 16.1 Å². The lowest BCUT2D eigenvalue weighted by molar-refractivity contribution is -0.123. The predicted octanol–water partition coefficient (Wildman–Crippen LogP) is 3.41. The van der Waals surface area contributed by atoms with Gasteiger partial charge in [-0.15, -0.1) is 11.3 Å². The molecule has 2 heterocycles. The van der Waals surface area contributed by atoms with Gasteiger partial charge in [0, 0.05) is 24.8 Å². The van der Waals surface area contributed by atoms with Crippen molar-refractivity contribution >= 4 is 54.3 Å². The molecule has 2 aromatic heterocycles. The molecule has 0 radical (unpaired) electrons. The van der Waals surface area contributed by atoms with Gasteiger partial charge in [0.15, 0.2) is 5.52 Å². The van der Waals surface area contributed by atoms with E-state index in [2.05, 4.69) is 25.6 Å². The van der Waals surface area contributed by atoms with Crippen LogP contribution in [-0.2, 0) is 14.8 Å². The summed E-state index contributed by atoms with van der Waals surface area (Å²) in [6.45, 7) is 4.39. The molecule has 4 rings (SSSR count). The Kier molecular flexibility index (Phi) is 8.20. The molecule has 2 amide bonds. The zero-order chi connectivity index (χ0) is 26.6. The lowest BCUT2D eigenvalue weighted by Crippen LogP contribution is -2.47. The Hall–Kier alpha value is -3.35. The van der Waals surface area contributed by atoms with Crippen LogP contribution in [0.5, 0.6) is 0 Å². The van der Waals surface area contributed by atoms with Crippen LogP contribution in [0.1, 0.15) is 36.4 Å². The summed E-state index contributed by atoms with van der Waals surface area (Å²) in [6, 6.07) is 13.5. The van der Waals surface area contributed by atoms with Gasteiger partial charge in [0.25, 0.3) is 5.91 Å². The standard InChI is InChI=1S/C25H29N5O5S2/c1-16(2)14-19(27-25(32)21-15-17-8-4-5-10-20(17)36-21)24(31)26-12-7-13-30(3)37(33,34)22-11-6-9-18-23(22)29-35-28-18/h4-6,8-11,15-16,19H,7,12-14H2,1-3H3,(H,26,31)(H,27,32)/t19-/m0/s1. The van der Waals surface area contributed by atoms with Crippen molar-refractivity contribution in [2.45, 2.75) is 37.6 Å². The van der Waals surface area contributed by atoms with Crippen LogP contribution in [0.15, 0.2) is 58.1 Å². The predicted molar refractivity (Wildman–Crippen MR) is 142 cm³/mol. The number of carbonyl (C=O) groups excluding carboxylic acids is 2. The molecule has 0 bridgehead atoms. The SMILES string of the molecule is CC(C)C[C@H](NC(=O)c1cc2ccccc2s1)C(=O)NCCCN(C)S(=O)(=O)c1cccc2nonc12. The molecule has 12 heteroatoms. The summed E-state index contributed by atoms with van der Waals surface area (Å²) in [5.41, 5.74) is 0.532. The fourth-order valence-electron chi connectivity index (χ4n) is 3.94. The maximum Gasteiger partial charge on any atom is 0.262 e. The number of sulfonamides is 1. The van der Waals surface area contributed by atoms with E-state index in [9.17, 15) is 18.0 Å². The molecule has 10 nitrogen and oxygen atoms in total. The number of rotatable bonds is 11. The molecule has 0 saturated carbocycles. The summed E-state index contributed by atoms with van der Waals surface area (Å²) in [6.07, 6.45) is 0.861. The van der Waals surface area contributed by atoms with Gasteiger partial charge < -0.3 is 10.6 Å². The van der Waals surface area contributed by atoms with E-state index in [-0.39, 0.29) is 41.2 Å². The quantitative estimate of drug-likeness (QED) is 0.277. The molecule has 0 aliphatic rings. The smallest absolute Gasteiger partial charge is 0.262 e. The molecular weight excluding hydrogens is 514 g/mol. The maximum absolute atomic E-state index is 13.0. The highest BCUT2D eigenvalue weighted by Gasteiger charge is 2.26. The van der Waals surface area contributed by atoms with E-state index in [0.717, 1.165) is 10.1 Å². The first-order chi connectivity index (χ1) is 17.7. The van der Waals surface area contributed by atoms with Crippen LogP contribution in [0.2, 0.25) is 0 Å². The molecule has 0 unspecified atom stereocenters. The van der Waals surface area contributed by atoms with Crippen LogP contribution in [0.3, 0.4) is 0 Å². The number of benzene rings is 2. The zero-order valence-electron chi connectivity index (χ0n) is 20.8. The molecule has 0 aliphatic heterocycles. The van der Waals surface area contributed by atoms with Crippen molar-refractivity contribution in [3.8, 4) is 0 Å². The number of nitrogens with one attached hydrogen (secondary N) is 2. The molecular formula is C25H29N5O5S2. The Morgan fingerprint density at radius 3 is 2.65 bits per heavy atom. The molecule has 2 N–H and O–H groups in total. The van der Waals surface area contributed by atoms with Crippen LogP contribution >= 0.6 is 11.3 Å². The number of hydrogen-bond acceptors (Lipinski definition) is 8. The minimum Gasteiger partial charge on any atom is -0.354 e. The second-order valence-electron chi connectivity index (χ2n) is 9.16. The number of aromatic nitrogens is 2. The van der Waals surface area contributed by atoms with Gasteiger partial charge in [-0.1, -0.05) is 38.1 Å². The number of carbonyl (C=O) groups is 2. The van der Waals surface area contributed by atoms with E-state index in [1.165, 1.54) is 28.8 Å².